The molecule has 2 atom stereocenters. The maximum atomic E-state index is 12.6. The van der Waals surface area contributed by atoms with Crippen LogP contribution in [0.2, 0.25) is 0 Å². The molecule has 6 heteroatoms. The van der Waals surface area contributed by atoms with Gasteiger partial charge in [0.15, 0.2) is 11.5 Å². The van der Waals surface area contributed by atoms with Crippen molar-refractivity contribution >= 4 is 17.5 Å². The SMILES string of the molecule is CC(=O)C1C(=O)C(=O)N(CCc2ccccc2)C1c1ccc2c(c1)OCO2. The quantitative estimate of drug-likeness (QED) is 0.601. The molecule has 2 unspecified atom stereocenters. The Kier molecular flexibility index (Phi) is 4.39. The number of carbonyl (C=O) groups is 3. The van der Waals surface area contributed by atoms with E-state index in [-0.39, 0.29) is 12.6 Å². The summed E-state index contributed by atoms with van der Waals surface area (Å²) in [4.78, 5) is 38.8. The molecule has 0 aliphatic carbocycles. The highest BCUT2D eigenvalue weighted by Gasteiger charge is 2.50. The molecule has 1 fully saturated rings. The Labute approximate surface area is 156 Å². The van der Waals surface area contributed by atoms with E-state index >= 15 is 0 Å². The van der Waals surface area contributed by atoms with Gasteiger partial charge in [-0.05, 0) is 36.6 Å². The Balaban J connectivity index is 1.67. The average Bonchev–Trinajstić information content (AvgIpc) is 3.23. The maximum absolute atomic E-state index is 12.6. The van der Waals surface area contributed by atoms with Gasteiger partial charge in [-0.1, -0.05) is 36.4 Å². The van der Waals surface area contributed by atoms with Gasteiger partial charge in [0.2, 0.25) is 12.6 Å². The monoisotopic (exact) mass is 365 g/mol. The highest BCUT2D eigenvalue weighted by atomic mass is 16.7. The summed E-state index contributed by atoms with van der Waals surface area (Å²) in [6.45, 7) is 1.85. The topological polar surface area (TPSA) is 72.9 Å². The van der Waals surface area contributed by atoms with Gasteiger partial charge in [-0.3, -0.25) is 14.4 Å². The van der Waals surface area contributed by atoms with Gasteiger partial charge in [0.05, 0.1) is 6.04 Å². The molecule has 2 aromatic carbocycles. The number of fused-ring (bicyclic) bond motifs is 1. The lowest BCUT2D eigenvalue weighted by molar-refractivity contribution is -0.142. The number of benzene rings is 2. The molecule has 0 bridgehead atoms. The van der Waals surface area contributed by atoms with Crippen LogP contribution in [0.25, 0.3) is 0 Å². The zero-order valence-electron chi connectivity index (χ0n) is 14.9. The molecule has 0 radical (unpaired) electrons. The minimum absolute atomic E-state index is 0.134. The molecule has 2 heterocycles. The first kappa shape index (κ1) is 17.3. The summed E-state index contributed by atoms with van der Waals surface area (Å²) < 4.78 is 10.7. The molecule has 2 aliphatic heterocycles. The number of nitrogens with zero attached hydrogens (tertiary/aromatic N) is 1. The van der Waals surface area contributed by atoms with Crippen molar-refractivity contribution < 1.29 is 23.9 Å². The van der Waals surface area contributed by atoms with Crippen LogP contribution in [-0.4, -0.2) is 35.7 Å². The fourth-order valence-corrected chi connectivity index (χ4v) is 3.74. The molecule has 2 aromatic rings. The van der Waals surface area contributed by atoms with E-state index < -0.39 is 23.7 Å². The van der Waals surface area contributed by atoms with E-state index in [1.54, 1.807) is 18.2 Å². The van der Waals surface area contributed by atoms with E-state index in [1.807, 2.05) is 30.3 Å². The molecular formula is C21H19NO5. The van der Waals surface area contributed by atoms with Gasteiger partial charge >= 0.3 is 0 Å². The zero-order chi connectivity index (χ0) is 19.0. The number of carbonyl (C=O) groups excluding carboxylic acids is 3. The molecule has 1 saturated heterocycles. The zero-order valence-corrected chi connectivity index (χ0v) is 14.9. The van der Waals surface area contributed by atoms with E-state index in [1.165, 1.54) is 11.8 Å². The van der Waals surface area contributed by atoms with Crippen molar-refractivity contribution in [3.05, 3.63) is 59.7 Å². The van der Waals surface area contributed by atoms with Crippen molar-refractivity contribution in [3.63, 3.8) is 0 Å². The van der Waals surface area contributed by atoms with E-state index in [4.69, 9.17) is 9.47 Å². The standard InChI is InChI=1S/C21H19NO5/c1-13(23)18-19(15-7-8-16-17(11-15)27-12-26-16)22(21(25)20(18)24)10-9-14-5-3-2-4-6-14/h2-8,11,18-19H,9-10,12H2,1H3. The number of hydrogen-bond acceptors (Lipinski definition) is 5. The molecule has 1 amide bonds. The first-order valence-electron chi connectivity index (χ1n) is 8.85. The Hall–Kier alpha value is -3.15. The third kappa shape index (κ3) is 3.07. The van der Waals surface area contributed by atoms with Crippen LogP contribution < -0.4 is 9.47 Å². The number of ketones is 2. The van der Waals surface area contributed by atoms with Gasteiger partial charge in [0, 0.05) is 6.54 Å². The minimum Gasteiger partial charge on any atom is -0.454 e. The van der Waals surface area contributed by atoms with E-state index in [0.717, 1.165) is 5.56 Å². The highest BCUT2D eigenvalue weighted by molar-refractivity contribution is 6.42. The lowest BCUT2D eigenvalue weighted by Gasteiger charge is -2.27. The molecule has 2 aliphatic rings. The highest BCUT2D eigenvalue weighted by Crippen LogP contribution is 2.41. The van der Waals surface area contributed by atoms with Crippen molar-refractivity contribution in [3.8, 4) is 11.5 Å². The molecule has 27 heavy (non-hydrogen) atoms. The molecule has 6 nitrogen and oxygen atoms in total. The lowest BCUT2D eigenvalue weighted by Crippen LogP contribution is -2.32. The van der Waals surface area contributed by atoms with Crippen molar-refractivity contribution in [2.45, 2.75) is 19.4 Å². The summed E-state index contributed by atoms with van der Waals surface area (Å²) in [5.74, 6) is -1.37. The van der Waals surface area contributed by atoms with Crippen LogP contribution in [0, 0.1) is 5.92 Å². The van der Waals surface area contributed by atoms with Crippen LogP contribution in [0.3, 0.4) is 0 Å². The Morgan fingerprint density at radius 3 is 2.56 bits per heavy atom. The number of amides is 1. The Bertz CT molecular complexity index is 908. The van der Waals surface area contributed by atoms with Crippen molar-refractivity contribution in [2.75, 3.05) is 13.3 Å². The van der Waals surface area contributed by atoms with Gasteiger partial charge in [-0.15, -0.1) is 0 Å². The summed E-state index contributed by atoms with van der Waals surface area (Å²) in [5.41, 5.74) is 1.76. The van der Waals surface area contributed by atoms with Crippen molar-refractivity contribution in [1.29, 1.82) is 0 Å². The summed E-state index contributed by atoms with van der Waals surface area (Å²) >= 11 is 0. The summed E-state index contributed by atoms with van der Waals surface area (Å²) in [7, 11) is 0. The third-order valence-electron chi connectivity index (χ3n) is 5.07. The van der Waals surface area contributed by atoms with Crippen LogP contribution in [-0.2, 0) is 20.8 Å². The number of rotatable bonds is 5. The number of Topliss-reactive ketones (excluding diaryl/α,β-unsaturated/α-hetero) is 2. The first-order chi connectivity index (χ1) is 13.1. The van der Waals surface area contributed by atoms with Gasteiger partial charge in [-0.2, -0.15) is 0 Å². The van der Waals surface area contributed by atoms with Crippen molar-refractivity contribution in [2.24, 2.45) is 5.92 Å². The third-order valence-corrected chi connectivity index (χ3v) is 5.07. The van der Waals surface area contributed by atoms with E-state index in [9.17, 15) is 14.4 Å². The van der Waals surface area contributed by atoms with Gasteiger partial charge in [0.25, 0.3) is 5.91 Å². The molecule has 4 rings (SSSR count). The summed E-state index contributed by atoms with van der Waals surface area (Å²) in [5, 5.41) is 0. The van der Waals surface area contributed by atoms with Gasteiger partial charge < -0.3 is 14.4 Å². The smallest absolute Gasteiger partial charge is 0.291 e. The normalized spacial score (nSPS) is 21.0. The second kappa shape index (κ2) is 6.87. The maximum Gasteiger partial charge on any atom is 0.291 e. The van der Waals surface area contributed by atoms with E-state index in [2.05, 4.69) is 0 Å². The number of likely N-dealkylation sites (tertiary alicyclic amines) is 1. The van der Waals surface area contributed by atoms with Crippen LogP contribution in [0.15, 0.2) is 48.5 Å². The summed E-state index contributed by atoms with van der Waals surface area (Å²) in [6.07, 6.45) is 0.603. The Morgan fingerprint density at radius 2 is 1.81 bits per heavy atom. The predicted octanol–water partition coefficient (Wildman–Crippen LogP) is 2.32. The molecular weight excluding hydrogens is 346 g/mol. The molecule has 0 N–H and O–H groups in total. The molecule has 0 spiro atoms. The number of ether oxygens (including phenoxy) is 2. The van der Waals surface area contributed by atoms with Crippen LogP contribution in [0.1, 0.15) is 24.1 Å². The molecule has 0 aromatic heterocycles. The Morgan fingerprint density at radius 1 is 1.07 bits per heavy atom. The molecule has 0 saturated carbocycles. The predicted molar refractivity (Wildman–Crippen MR) is 96.3 cm³/mol. The lowest BCUT2D eigenvalue weighted by atomic mass is 9.89. The van der Waals surface area contributed by atoms with Crippen LogP contribution in [0.5, 0.6) is 11.5 Å². The molecule has 138 valence electrons. The van der Waals surface area contributed by atoms with Crippen LogP contribution in [0.4, 0.5) is 0 Å². The fourth-order valence-electron chi connectivity index (χ4n) is 3.74. The number of hydrogen-bond donors (Lipinski definition) is 0. The van der Waals surface area contributed by atoms with Gasteiger partial charge in [-0.25, -0.2) is 0 Å². The first-order valence-corrected chi connectivity index (χ1v) is 8.85. The average molecular weight is 365 g/mol. The van der Waals surface area contributed by atoms with Crippen molar-refractivity contribution in [1.82, 2.24) is 4.90 Å². The second-order valence-electron chi connectivity index (χ2n) is 6.74. The van der Waals surface area contributed by atoms with E-state index in [0.29, 0.717) is 30.0 Å². The minimum atomic E-state index is -0.992. The largest absolute Gasteiger partial charge is 0.454 e. The second-order valence-corrected chi connectivity index (χ2v) is 6.74. The van der Waals surface area contributed by atoms with Crippen LogP contribution >= 0.6 is 0 Å². The summed E-state index contributed by atoms with van der Waals surface area (Å²) in [6, 6.07) is 14.4. The fraction of sp³-hybridized carbons (Fsp3) is 0.286. The van der Waals surface area contributed by atoms with Gasteiger partial charge in [0.1, 0.15) is 11.7 Å².